The molecule has 1 saturated heterocycles. The maximum atomic E-state index is 12.3. The molecule has 5 nitrogen and oxygen atoms in total. The molecule has 3 N–H and O–H groups in total. The molecule has 1 aliphatic rings. The number of carbonyl (C=O) groups is 1. The number of rotatable bonds is 4. The van der Waals surface area contributed by atoms with Crippen LogP contribution >= 0.6 is 0 Å². The highest BCUT2D eigenvalue weighted by atomic mass is 16.5. The van der Waals surface area contributed by atoms with E-state index in [1.807, 2.05) is 0 Å². The van der Waals surface area contributed by atoms with Crippen LogP contribution in [0.3, 0.4) is 0 Å². The van der Waals surface area contributed by atoms with Crippen molar-refractivity contribution < 1.29 is 9.53 Å². The molecule has 1 fully saturated rings. The van der Waals surface area contributed by atoms with Gasteiger partial charge in [0.2, 0.25) is 5.91 Å². The first kappa shape index (κ1) is 15.6. The average Bonchev–Trinajstić information content (AvgIpc) is 2.64. The third-order valence-corrected chi connectivity index (χ3v) is 4.03. The molecular formula is C16H25N3O2. The molecule has 1 atom stereocenters. The number of benzene rings is 1. The molecule has 116 valence electrons. The average molecular weight is 291 g/mol. The third kappa shape index (κ3) is 4.36. The van der Waals surface area contributed by atoms with Gasteiger partial charge in [0.25, 0.3) is 0 Å². The Bertz CT molecular complexity index is 490. The van der Waals surface area contributed by atoms with Crippen LogP contribution in [0.15, 0.2) is 18.2 Å². The summed E-state index contributed by atoms with van der Waals surface area (Å²) in [5.74, 6) is 0.606. The number of hydrogen-bond donors (Lipinski definition) is 2. The van der Waals surface area contributed by atoms with E-state index in [2.05, 4.69) is 17.1 Å². The molecule has 1 unspecified atom stereocenters. The summed E-state index contributed by atoms with van der Waals surface area (Å²) in [7, 11) is 1.58. The van der Waals surface area contributed by atoms with E-state index in [4.69, 9.17) is 10.5 Å². The van der Waals surface area contributed by atoms with Crippen molar-refractivity contribution in [2.24, 2.45) is 0 Å². The van der Waals surface area contributed by atoms with Gasteiger partial charge in [-0.25, -0.2) is 0 Å². The first-order valence-electron chi connectivity index (χ1n) is 7.57. The Morgan fingerprint density at radius 1 is 1.43 bits per heavy atom. The number of hydrogen-bond acceptors (Lipinski definition) is 4. The summed E-state index contributed by atoms with van der Waals surface area (Å²) < 4.78 is 5.25. The summed E-state index contributed by atoms with van der Waals surface area (Å²) in [6, 6.07) is 5.70. The summed E-state index contributed by atoms with van der Waals surface area (Å²) >= 11 is 0. The lowest BCUT2D eigenvalue weighted by Gasteiger charge is -2.26. The number of likely N-dealkylation sites (tertiary alicyclic amines) is 1. The van der Waals surface area contributed by atoms with Crippen molar-refractivity contribution in [3.8, 4) is 5.75 Å². The van der Waals surface area contributed by atoms with Crippen LogP contribution < -0.4 is 15.8 Å². The van der Waals surface area contributed by atoms with Crippen LogP contribution in [0.2, 0.25) is 0 Å². The third-order valence-electron chi connectivity index (χ3n) is 4.03. The van der Waals surface area contributed by atoms with Crippen LogP contribution in [0.25, 0.3) is 0 Å². The Hall–Kier alpha value is -1.75. The lowest BCUT2D eigenvalue weighted by Crippen LogP contribution is -2.39. The van der Waals surface area contributed by atoms with Crippen molar-refractivity contribution in [3.63, 3.8) is 0 Å². The molecule has 0 bridgehead atoms. The van der Waals surface area contributed by atoms with Crippen LogP contribution in [0.4, 0.5) is 11.4 Å². The van der Waals surface area contributed by atoms with Crippen LogP contribution in [0, 0.1) is 0 Å². The topological polar surface area (TPSA) is 67.6 Å². The number of nitrogen functional groups attached to an aromatic ring is 1. The number of methoxy groups -OCH3 is 1. The van der Waals surface area contributed by atoms with Gasteiger partial charge < -0.3 is 15.8 Å². The van der Waals surface area contributed by atoms with Gasteiger partial charge in [0.15, 0.2) is 0 Å². The van der Waals surface area contributed by atoms with Gasteiger partial charge in [0.05, 0.1) is 19.3 Å². The second kappa shape index (κ2) is 7.31. The van der Waals surface area contributed by atoms with Gasteiger partial charge in [0, 0.05) is 11.7 Å². The molecule has 21 heavy (non-hydrogen) atoms. The van der Waals surface area contributed by atoms with E-state index < -0.39 is 0 Å². The monoisotopic (exact) mass is 291 g/mol. The highest BCUT2D eigenvalue weighted by Gasteiger charge is 2.19. The van der Waals surface area contributed by atoms with Crippen LogP contribution in [0.1, 0.15) is 32.6 Å². The van der Waals surface area contributed by atoms with Crippen LogP contribution in [-0.2, 0) is 4.79 Å². The lowest BCUT2D eigenvalue weighted by atomic mass is 10.1. The minimum atomic E-state index is -0.0207. The van der Waals surface area contributed by atoms with Crippen molar-refractivity contribution >= 4 is 17.3 Å². The minimum Gasteiger partial charge on any atom is -0.495 e. The van der Waals surface area contributed by atoms with Gasteiger partial charge in [-0.15, -0.1) is 0 Å². The van der Waals surface area contributed by atoms with E-state index in [1.165, 1.54) is 19.3 Å². The Labute approximate surface area is 126 Å². The molecule has 1 aliphatic heterocycles. The van der Waals surface area contributed by atoms with E-state index in [0.717, 1.165) is 13.0 Å². The zero-order chi connectivity index (χ0) is 15.2. The van der Waals surface area contributed by atoms with Crippen molar-refractivity contribution in [1.29, 1.82) is 0 Å². The quantitative estimate of drug-likeness (QED) is 0.836. The molecule has 1 heterocycles. The summed E-state index contributed by atoms with van der Waals surface area (Å²) in [4.78, 5) is 14.5. The molecule has 1 amide bonds. The Morgan fingerprint density at radius 3 is 3.00 bits per heavy atom. The number of ether oxygens (including phenoxy) is 1. The first-order valence-corrected chi connectivity index (χ1v) is 7.57. The molecule has 1 aromatic carbocycles. The minimum absolute atomic E-state index is 0.0207. The predicted molar refractivity (Wildman–Crippen MR) is 85.5 cm³/mol. The van der Waals surface area contributed by atoms with Crippen LogP contribution in [-0.4, -0.2) is 37.0 Å². The molecule has 5 heteroatoms. The second-order valence-electron chi connectivity index (χ2n) is 5.68. The van der Waals surface area contributed by atoms with Crippen molar-refractivity contribution in [2.45, 2.75) is 38.6 Å². The number of amides is 1. The number of carbonyl (C=O) groups excluding carboxylic acids is 1. The summed E-state index contributed by atoms with van der Waals surface area (Å²) in [5.41, 5.74) is 7.00. The van der Waals surface area contributed by atoms with E-state index in [0.29, 0.717) is 29.7 Å². The van der Waals surface area contributed by atoms with Gasteiger partial charge in [-0.1, -0.05) is 12.8 Å². The van der Waals surface area contributed by atoms with Crippen LogP contribution in [0.5, 0.6) is 5.75 Å². The predicted octanol–water partition coefficient (Wildman–Crippen LogP) is 2.48. The Balaban J connectivity index is 1.99. The largest absolute Gasteiger partial charge is 0.495 e. The fourth-order valence-electron chi connectivity index (χ4n) is 2.77. The van der Waals surface area contributed by atoms with Gasteiger partial charge in [-0.2, -0.15) is 0 Å². The number of anilines is 2. The normalized spacial score (nSPS) is 19.8. The Kier molecular flexibility index (Phi) is 5.44. The number of nitrogens with one attached hydrogen (secondary N) is 1. The van der Waals surface area contributed by atoms with E-state index in [-0.39, 0.29) is 5.91 Å². The highest BCUT2D eigenvalue weighted by molar-refractivity contribution is 5.94. The zero-order valence-corrected chi connectivity index (χ0v) is 12.9. The molecule has 2 rings (SSSR count). The van der Waals surface area contributed by atoms with E-state index >= 15 is 0 Å². The molecule has 0 aromatic heterocycles. The maximum absolute atomic E-state index is 12.3. The fourth-order valence-corrected chi connectivity index (χ4v) is 2.77. The lowest BCUT2D eigenvalue weighted by molar-refractivity contribution is -0.117. The van der Waals surface area contributed by atoms with Gasteiger partial charge in [-0.3, -0.25) is 9.69 Å². The molecular weight excluding hydrogens is 266 g/mol. The summed E-state index contributed by atoms with van der Waals surface area (Å²) in [6.07, 6.45) is 4.84. The van der Waals surface area contributed by atoms with Gasteiger partial charge >= 0.3 is 0 Å². The van der Waals surface area contributed by atoms with Gasteiger partial charge in [-0.05, 0) is 44.5 Å². The highest BCUT2D eigenvalue weighted by Crippen LogP contribution is 2.26. The SMILES string of the molecule is COc1ccc(N)cc1NC(=O)CN1CCCCCC1C. The summed E-state index contributed by atoms with van der Waals surface area (Å²) in [6.45, 7) is 3.60. The maximum Gasteiger partial charge on any atom is 0.238 e. The smallest absolute Gasteiger partial charge is 0.238 e. The standard InChI is InChI=1S/C16H25N3O2/c1-12-6-4-3-5-9-19(12)11-16(20)18-14-10-13(17)7-8-15(14)21-2/h7-8,10,12H,3-6,9,11,17H2,1-2H3,(H,18,20). The number of nitrogens with zero attached hydrogens (tertiary/aromatic N) is 1. The first-order chi connectivity index (χ1) is 10.1. The molecule has 0 spiro atoms. The Morgan fingerprint density at radius 2 is 2.24 bits per heavy atom. The number of nitrogens with two attached hydrogens (primary N) is 1. The van der Waals surface area contributed by atoms with Crippen molar-refractivity contribution in [2.75, 3.05) is 31.2 Å². The summed E-state index contributed by atoms with van der Waals surface area (Å²) in [5, 5.41) is 2.90. The molecule has 0 aliphatic carbocycles. The van der Waals surface area contributed by atoms with Crippen molar-refractivity contribution in [3.05, 3.63) is 18.2 Å². The fraction of sp³-hybridized carbons (Fsp3) is 0.562. The molecule has 1 aromatic rings. The van der Waals surface area contributed by atoms with Crippen molar-refractivity contribution in [1.82, 2.24) is 4.90 Å². The van der Waals surface area contributed by atoms with E-state index in [9.17, 15) is 4.79 Å². The molecule has 0 saturated carbocycles. The zero-order valence-electron chi connectivity index (χ0n) is 12.9. The molecule has 0 radical (unpaired) electrons. The van der Waals surface area contributed by atoms with Gasteiger partial charge in [0.1, 0.15) is 5.75 Å². The second-order valence-corrected chi connectivity index (χ2v) is 5.68. The van der Waals surface area contributed by atoms with E-state index in [1.54, 1.807) is 25.3 Å².